The summed E-state index contributed by atoms with van der Waals surface area (Å²) in [6, 6.07) is 6.16. The van der Waals surface area contributed by atoms with Crippen LogP contribution in [0.4, 0.5) is 5.69 Å². The standard InChI is InChI=1S/C15H24N2O2S/c1-11(2)16-10-12(3)20(18,19)17-15-8-7-13-5-4-6-14(13)9-15/h7-9,11-12,16-17H,4-6,10H2,1-3H3. The fraction of sp³-hybridized carbons (Fsp3) is 0.600. The molecule has 0 fully saturated rings. The van der Waals surface area contributed by atoms with E-state index in [1.54, 1.807) is 6.92 Å². The molecular formula is C15H24N2O2S. The highest BCUT2D eigenvalue weighted by atomic mass is 32.2. The second kappa shape index (κ2) is 6.14. The SMILES string of the molecule is CC(C)NCC(C)S(=O)(=O)Nc1ccc2c(c1)CCC2. The van der Waals surface area contributed by atoms with Gasteiger partial charge in [-0.05, 0) is 49.4 Å². The fourth-order valence-corrected chi connectivity index (χ4v) is 3.38. The Bertz CT molecular complexity index is 567. The molecule has 20 heavy (non-hydrogen) atoms. The van der Waals surface area contributed by atoms with Crippen molar-refractivity contribution in [2.75, 3.05) is 11.3 Å². The quantitative estimate of drug-likeness (QED) is 0.847. The van der Waals surface area contributed by atoms with Crippen molar-refractivity contribution >= 4 is 15.7 Å². The Morgan fingerprint density at radius 3 is 2.55 bits per heavy atom. The Labute approximate surface area is 122 Å². The summed E-state index contributed by atoms with van der Waals surface area (Å²) in [6.45, 7) is 6.20. The molecule has 2 rings (SSSR count). The Hall–Kier alpha value is -1.07. The minimum Gasteiger partial charge on any atom is -0.313 e. The molecule has 0 spiro atoms. The first-order valence-electron chi connectivity index (χ1n) is 7.25. The van der Waals surface area contributed by atoms with Gasteiger partial charge in [0.25, 0.3) is 0 Å². The summed E-state index contributed by atoms with van der Waals surface area (Å²) < 4.78 is 27.2. The Morgan fingerprint density at radius 1 is 1.15 bits per heavy atom. The van der Waals surface area contributed by atoms with Crippen molar-refractivity contribution < 1.29 is 8.42 Å². The van der Waals surface area contributed by atoms with Crippen LogP contribution in [0.25, 0.3) is 0 Å². The zero-order valence-electron chi connectivity index (χ0n) is 12.4. The largest absolute Gasteiger partial charge is 0.313 e. The van der Waals surface area contributed by atoms with Crippen LogP contribution in [0.15, 0.2) is 18.2 Å². The summed E-state index contributed by atoms with van der Waals surface area (Å²) in [4.78, 5) is 0. The maximum atomic E-state index is 12.3. The molecule has 0 saturated heterocycles. The molecule has 0 amide bonds. The first-order chi connectivity index (χ1) is 9.38. The second-order valence-corrected chi connectivity index (χ2v) is 7.96. The molecule has 0 radical (unpaired) electrons. The molecule has 2 N–H and O–H groups in total. The average molecular weight is 296 g/mol. The van der Waals surface area contributed by atoms with E-state index in [-0.39, 0.29) is 6.04 Å². The molecule has 1 aliphatic carbocycles. The van der Waals surface area contributed by atoms with Gasteiger partial charge in [0, 0.05) is 18.3 Å². The second-order valence-electron chi connectivity index (χ2n) is 5.86. The van der Waals surface area contributed by atoms with Gasteiger partial charge in [0.2, 0.25) is 10.0 Å². The van der Waals surface area contributed by atoms with Crippen LogP contribution in [-0.4, -0.2) is 26.3 Å². The maximum absolute atomic E-state index is 12.3. The fourth-order valence-electron chi connectivity index (χ4n) is 2.41. The lowest BCUT2D eigenvalue weighted by Gasteiger charge is -2.17. The number of hydrogen-bond acceptors (Lipinski definition) is 3. The first-order valence-corrected chi connectivity index (χ1v) is 8.80. The van der Waals surface area contributed by atoms with Crippen molar-refractivity contribution in [3.8, 4) is 0 Å². The van der Waals surface area contributed by atoms with Crippen LogP contribution in [0.2, 0.25) is 0 Å². The van der Waals surface area contributed by atoms with Crippen molar-refractivity contribution in [3.63, 3.8) is 0 Å². The Balaban J connectivity index is 2.04. The molecule has 1 atom stereocenters. The van der Waals surface area contributed by atoms with E-state index in [9.17, 15) is 8.42 Å². The Morgan fingerprint density at radius 2 is 1.85 bits per heavy atom. The van der Waals surface area contributed by atoms with Gasteiger partial charge in [-0.2, -0.15) is 0 Å². The number of fused-ring (bicyclic) bond motifs is 1. The third-order valence-corrected chi connectivity index (χ3v) is 5.45. The topological polar surface area (TPSA) is 58.2 Å². The van der Waals surface area contributed by atoms with Gasteiger partial charge in [0.15, 0.2) is 0 Å². The number of aryl methyl sites for hydroxylation is 2. The van der Waals surface area contributed by atoms with Crippen LogP contribution in [0, 0.1) is 0 Å². The van der Waals surface area contributed by atoms with E-state index in [0.717, 1.165) is 12.8 Å². The predicted octanol–water partition coefficient (Wildman–Crippen LogP) is 2.30. The number of anilines is 1. The third-order valence-electron chi connectivity index (χ3n) is 3.70. The third kappa shape index (κ3) is 3.73. The van der Waals surface area contributed by atoms with Gasteiger partial charge in [-0.3, -0.25) is 4.72 Å². The number of benzene rings is 1. The zero-order chi connectivity index (χ0) is 14.8. The molecule has 1 aromatic rings. The van der Waals surface area contributed by atoms with E-state index < -0.39 is 15.3 Å². The lowest BCUT2D eigenvalue weighted by Crippen LogP contribution is -2.37. The lowest BCUT2D eigenvalue weighted by atomic mass is 10.1. The van der Waals surface area contributed by atoms with Crippen LogP contribution in [-0.2, 0) is 22.9 Å². The molecule has 0 heterocycles. The number of nitrogens with one attached hydrogen (secondary N) is 2. The van der Waals surface area contributed by atoms with Crippen molar-refractivity contribution in [1.29, 1.82) is 0 Å². The van der Waals surface area contributed by atoms with Crippen LogP contribution < -0.4 is 10.0 Å². The highest BCUT2D eigenvalue weighted by Crippen LogP contribution is 2.25. The van der Waals surface area contributed by atoms with Gasteiger partial charge >= 0.3 is 0 Å². The number of hydrogen-bond donors (Lipinski definition) is 2. The van der Waals surface area contributed by atoms with Crippen LogP contribution in [0.3, 0.4) is 0 Å². The van der Waals surface area contributed by atoms with E-state index in [4.69, 9.17) is 0 Å². The molecule has 1 unspecified atom stereocenters. The molecule has 112 valence electrons. The molecule has 0 saturated carbocycles. The molecule has 0 aromatic heterocycles. The van der Waals surface area contributed by atoms with Crippen molar-refractivity contribution in [2.45, 2.75) is 51.3 Å². The summed E-state index contributed by atoms with van der Waals surface area (Å²) in [5.74, 6) is 0. The van der Waals surface area contributed by atoms with Gasteiger partial charge < -0.3 is 5.32 Å². The molecule has 5 heteroatoms. The van der Waals surface area contributed by atoms with Gasteiger partial charge in [-0.1, -0.05) is 19.9 Å². The molecule has 0 bridgehead atoms. The minimum atomic E-state index is -3.34. The number of rotatable bonds is 6. The van der Waals surface area contributed by atoms with Crippen LogP contribution >= 0.6 is 0 Å². The number of sulfonamides is 1. The molecule has 1 aromatic carbocycles. The normalized spacial score (nSPS) is 16.2. The van der Waals surface area contributed by atoms with Crippen molar-refractivity contribution in [3.05, 3.63) is 29.3 Å². The van der Waals surface area contributed by atoms with E-state index in [0.29, 0.717) is 12.2 Å². The van der Waals surface area contributed by atoms with Crippen LogP contribution in [0.1, 0.15) is 38.3 Å². The molecule has 0 aliphatic heterocycles. The summed E-state index contributed by atoms with van der Waals surface area (Å²) >= 11 is 0. The highest BCUT2D eigenvalue weighted by Gasteiger charge is 2.21. The van der Waals surface area contributed by atoms with Gasteiger partial charge in [0.05, 0.1) is 5.25 Å². The molecular weight excluding hydrogens is 272 g/mol. The lowest BCUT2D eigenvalue weighted by molar-refractivity contribution is 0.553. The van der Waals surface area contributed by atoms with Gasteiger partial charge in [-0.15, -0.1) is 0 Å². The van der Waals surface area contributed by atoms with Gasteiger partial charge in [0.1, 0.15) is 0 Å². The van der Waals surface area contributed by atoms with E-state index in [1.807, 2.05) is 32.0 Å². The summed E-state index contributed by atoms with van der Waals surface area (Å²) in [5, 5.41) is 2.70. The first kappa shape index (κ1) is 15.3. The molecule has 1 aliphatic rings. The maximum Gasteiger partial charge on any atom is 0.236 e. The molecule has 4 nitrogen and oxygen atoms in total. The van der Waals surface area contributed by atoms with Gasteiger partial charge in [-0.25, -0.2) is 8.42 Å². The van der Waals surface area contributed by atoms with Crippen molar-refractivity contribution in [1.82, 2.24) is 5.32 Å². The smallest absolute Gasteiger partial charge is 0.236 e. The predicted molar refractivity (Wildman–Crippen MR) is 83.6 cm³/mol. The van der Waals surface area contributed by atoms with Crippen molar-refractivity contribution in [2.24, 2.45) is 0 Å². The summed E-state index contributed by atoms with van der Waals surface area (Å²) in [5.41, 5.74) is 3.31. The monoisotopic (exact) mass is 296 g/mol. The Kier molecular flexibility index (Phi) is 4.70. The minimum absolute atomic E-state index is 0.285. The van der Waals surface area contributed by atoms with Crippen LogP contribution in [0.5, 0.6) is 0 Å². The summed E-state index contributed by atoms with van der Waals surface area (Å²) in [6.07, 6.45) is 3.33. The average Bonchev–Trinajstić information content (AvgIpc) is 2.82. The van der Waals surface area contributed by atoms with E-state index in [2.05, 4.69) is 10.0 Å². The zero-order valence-corrected chi connectivity index (χ0v) is 13.3. The highest BCUT2D eigenvalue weighted by molar-refractivity contribution is 7.93. The van der Waals surface area contributed by atoms with E-state index in [1.165, 1.54) is 17.5 Å². The summed E-state index contributed by atoms with van der Waals surface area (Å²) in [7, 11) is -3.34. The van der Waals surface area contributed by atoms with E-state index >= 15 is 0 Å².